The van der Waals surface area contributed by atoms with Crippen molar-refractivity contribution < 1.29 is 9.21 Å². The fourth-order valence-electron chi connectivity index (χ4n) is 3.90. The number of carbonyl (C=O) groups excluding carboxylic acids is 1. The average Bonchev–Trinajstić information content (AvgIpc) is 3.30. The van der Waals surface area contributed by atoms with E-state index in [4.69, 9.17) is 4.42 Å². The molecule has 0 unspecified atom stereocenters. The first kappa shape index (κ1) is 17.5. The zero-order chi connectivity index (χ0) is 16.8. The molecule has 5 heteroatoms. The van der Waals surface area contributed by atoms with E-state index in [1.54, 1.807) is 6.26 Å². The minimum absolute atomic E-state index is 0.124. The van der Waals surface area contributed by atoms with Crippen LogP contribution in [-0.2, 0) is 4.79 Å². The second-order valence-electron chi connectivity index (χ2n) is 7.25. The molecule has 2 atom stereocenters. The van der Waals surface area contributed by atoms with Crippen LogP contribution in [0.25, 0.3) is 0 Å². The van der Waals surface area contributed by atoms with Crippen molar-refractivity contribution >= 4 is 5.91 Å². The van der Waals surface area contributed by atoms with E-state index < -0.39 is 0 Å². The van der Waals surface area contributed by atoms with Crippen LogP contribution < -0.4 is 10.6 Å². The summed E-state index contributed by atoms with van der Waals surface area (Å²) in [6.45, 7) is 4.91. The first-order valence-electron chi connectivity index (χ1n) is 9.55. The third-order valence-electron chi connectivity index (χ3n) is 5.42. The topological polar surface area (TPSA) is 57.5 Å². The van der Waals surface area contributed by atoms with Crippen LogP contribution in [0, 0.1) is 0 Å². The Labute approximate surface area is 145 Å². The Morgan fingerprint density at radius 1 is 1.25 bits per heavy atom. The monoisotopic (exact) mass is 333 g/mol. The van der Waals surface area contributed by atoms with Crippen LogP contribution >= 0.6 is 0 Å². The highest BCUT2D eigenvalue weighted by atomic mass is 16.3. The predicted molar refractivity (Wildman–Crippen MR) is 94.7 cm³/mol. The number of nitrogens with zero attached hydrogens (tertiary/aromatic N) is 1. The van der Waals surface area contributed by atoms with Gasteiger partial charge in [-0.05, 0) is 57.8 Å². The lowest BCUT2D eigenvalue weighted by Gasteiger charge is -2.34. The molecule has 2 N–H and O–H groups in total. The van der Waals surface area contributed by atoms with E-state index in [0.29, 0.717) is 6.04 Å². The van der Waals surface area contributed by atoms with Crippen molar-refractivity contribution in [3.63, 3.8) is 0 Å². The lowest BCUT2D eigenvalue weighted by atomic mass is 10.1. The summed E-state index contributed by atoms with van der Waals surface area (Å²) in [6, 6.07) is 4.41. The van der Waals surface area contributed by atoms with Crippen LogP contribution in [0.15, 0.2) is 22.8 Å². The molecule has 2 heterocycles. The lowest BCUT2D eigenvalue weighted by molar-refractivity contribution is -0.123. The molecule has 1 amide bonds. The van der Waals surface area contributed by atoms with Crippen molar-refractivity contribution in [2.75, 3.05) is 19.6 Å². The molecule has 5 nitrogen and oxygen atoms in total. The summed E-state index contributed by atoms with van der Waals surface area (Å²) in [5.41, 5.74) is 0. The van der Waals surface area contributed by atoms with Crippen molar-refractivity contribution in [2.24, 2.45) is 0 Å². The molecular weight excluding hydrogens is 302 g/mol. The fourth-order valence-corrected chi connectivity index (χ4v) is 3.90. The van der Waals surface area contributed by atoms with Crippen LogP contribution in [0.5, 0.6) is 0 Å². The van der Waals surface area contributed by atoms with Gasteiger partial charge >= 0.3 is 0 Å². The molecule has 2 aliphatic rings. The molecule has 0 aromatic carbocycles. The summed E-state index contributed by atoms with van der Waals surface area (Å²) in [5, 5.41) is 6.61. The molecule has 0 radical (unpaired) electrons. The molecule has 1 saturated heterocycles. The number of rotatable bonds is 7. The maximum Gasteiger partial charge on any atom is 0.237 e. The molecule has 24 heavy (non-hydrogen) atoms. The maximum absolute atomic E-state index is 12.4. The van der Waals surface area contributed by atoms with Gasteiger partial charge in [-0.3, -0.25) is 9.69 Å². The van der Waals surface area contributed by atoms with Gasteiger partial charge in [-0.2, -0.15) is 0 Å². The van der Waals surface area contributed by atoms with Gasteiger partial charge in [0.05, 0.1) is 18.3 Å². The normalized spacial score (nSPS) is 22.4. The van der Waals surface area contributed by atoms with Gasteiger partial charge < -0.3 is 15.1 Å². The number of carbonyl (C=O) groups is 1. The van der Waals surface area contributed by atoms with Crippen molar-refractivity contribution in [2.45, 2.75) is 70.0 Å². The number of hydrogen-bond donors (Lipinski definition) is 2. The number of amides is 1. The quantitative estimate of drug-likeness (QED) is 0.805. The SMILES string of the molecule is C[C@H](NC[C@H](c1ccco1)N1CCCCC1)C(=O)NC1CCCC1. The second kappa shape index (κ2) is 8.67. The summed E-state index contributed by atoms with van der Waals surface area (Å²) in [7, 11) is 0. The first-order valence-corrected chi connectivity index (χ1v) is 9.55. The molecule has 134 valence electrons. The standard InChI is InChI=1S/C19H31N3O2/c1-15(19(23)21-16-8-3-4-9-16)20-14-17(18-10-7-13-24-18)22-11-5-2-6-12-22/h7,10,13,15-17,20H,2-6,8-9,11-12,14H2,1H3,(H,21,23)/t15-,17+/m0/s1. The second-order valence-corrected chi connectivity index (χ2v) is 7.25. The van der Waals surface area contributed by atoms with Gasteiger partial charge in [0.25, 0.3) is 0 Å². The van der Waals surface area contributed by atoms with Gasteiger partial charge in [-0.15, -0.1) is 0 Å². The Morgan fingerprint density at radius 2 is 2.00 bits per heavy atom. The lowest BCUT2D eigenvalue weighted by Crippen LogP contribution is -2.48. The van der Waals surface area contributed by atoms with E-state index in [-0.39, 0.29) is 18.0 Å². The van der Waals surface area contributed by atoms with Gasteiger partial charge in [0.1, 0.15) is 5.76 Å². The van der Waals surface area contributed by atoms with E-state index in [1.165, 1.54) is 32.1 Å². The van der Waals surface area contributed by atoms with Crippen LogP contribution in [0.3, 0.4) is 0 Å². The Bertz CT molecular complexity index is 491. The van der Waals surface area contributed by atoms with Gasteiger partial charge in [-0.25, -0.2) is 0 Å². The molecule has 1 saturated carbocycles. The van der Waals surface area contributed by atoms with E-state index in [2.05, 4.69) is 15.5 Å². The van der Waals surface area contributed by atoms with E-state index in [1.807, 2.05) is 19.1 Å². The third kappa shape index (κ3) is 4.61. The number of furan rings is 1. The minimum atomic E-state index is -0.173. The maximum atomic E-state index is 12.4. The zero-order valence-electron chi connectivity index (χ0n) is 14.8. The summed E-state index contributed by atoms with van der Waals surface area (Å²) >= 11 is 0. The highest BCUT2D eigenvalue weighted by Crippen LogP contribution is 2.24. The number of hydrogen-bond acceptors (Lipinski definition) is 4. The summed E-state index contributed by atoms with van der Waals surface area (Å²) in [5.74, 6) is 1.12. The largest absolute Gasteiger partial charge is 0.468 e. The molecule has 3 rings (SSSR count). The molecule has 2 fully saturated rings. The van der Waals surface area contributed by atoms with Crippen LogP contribution in [0.4, 0.5) is 0 Å². The Hall–Kier alpha value is -1.33. The number of nitrogens with one attached hydrogen (secondary N) is 2. The minimum Gasteiger partial charge on any atom is -0.468 e. The number of piperidine rings is 1. The van der Waals surface area contributed by atoms with Crippen LogP contribution in [0.2, 0.25) is 0 Å². The van der Waals surface area contributed by atoms with E-state index >= 15 is 0 Å². The molecule has 1 aliphatic heterocycles. The van der Waals surface area contributed by atoms with Gasteiger partial charge in [0.2, 0.25) is 5.91 Å². The molecule has 1 aromatic heterocycles. The van der Waals surface area contributed by atoms with Gasteiger partial charge in [-0.1, -0.05) is 19.3 Å². The zero-order valence-corrected chi connectivity index (χ0v) is 14.8. The van der Waals surface area contributed by atoms with Crippen molar-refractivity contribution in [1.82, 2.24) is 15.5 Å². The van der Waals surface area contributed by atoms with Gasteiger partial charge in [0.15, 0.2) is 0 Å². The molecular formula is C19H31N3O2. The van der Waals surface area contributed by atoms with Gasteiger partial charge in [0, 0.05) is 12.6 Å². The average molecular weight is 333 g/mol. The van der Waals surface area contributed by atoms with Crippen LogP contribution in [0.1, 0.15) is 63.7 Å². The van der Waals surface area contributed by atoms with Crippen LogP contribution in [-0.4, -0.2) is 42.5 Å². The highest BCUT2D eigenvalue weighted by Gasteiger charge is 2.26. The number of likely N-dealkylation sites (tertiary alicyclic amines) is 1. The Morgan fingerprint density at radius 3 is 2.67 bits per heavy atom. The summed E-state index contributed by atoms with van der Waals surface area (Å²) < 4.78 is 5.67. The Kier molecular flexibility index (Phi) is 6.32. The fraction of sp³-hybridized carbons (Fsp3) is 0.737. The van der Waals surface area contributed by atoms with E-state index in [0.717, 1.165) is 38.2 Å². The van der Waals surface area contributed by atoms with Crippen molar-refractivity contribution in [3.8, 4) is 0 Å². The molecule has 1 aromatic rings. The first-order chi connectivity index (χ1) is 11.7. The molecule has 1 aliphatic carbocycles. The van der Waals surface area contributed by atoms with Crippen molar-refractivity contribution in [1.29, 1.82) is 0 Å². The summed E-state index contributed by atoms with van der Waals surface area (Å²) in [4.78, 5) is 14.8. The molecule has 0 bridgehead atoms. The Balaban J connectivity index is 1.53. The highest BCUT2D eigenvalue weighted by molar-refractivity contribution is 5.81. The third-order valence-corrected chi connectivity index (χ3v) is 5.42. The summed E-state index contributed by atoms with van der Waals surface area (Å²) in [6.07, 6.45) is 10.3. The van der Waals surface area contributed by atoms with Crippen molar-refractivity contribution in [3.05, 3.63) is 24.2 Å². The predicted octanol–water partition coefficient (Wildman–Crippen LogP) is 2.84. The smallest absolute Gasteiger partial charge is 0.237 e. The molecule has 0 spiro atoms. The van der Waals surface area contributed by atoms with E-state index in [9.17, 15) is 4.79 Å².